The predicted octanol–water partition coefficient (Wildman–Crippen LogP) is 3.29. The van der Waals surface area contributed by atoms with Gasteiger partial charge in [0, 0.05) is 29.0 Å². The van der Waals surface area contributed by atoms with Gasteiger partial charge in [0.2, 0.25) is 0 Å². The van der Waals surface area contributed by atoms with Crippen LogP contribution in [-0.2, 0) is 0 Å². The molecule has 88 valence electrons. The number of carbonyl (C=O) groups excluding carboxylic acids is 1. The molecule has 0 saturated carbocycles. The zero-order chi connectivity index (χ0) is 12.1. The van der Waals surface area contributed by atoms with Crippen LogP contribution < -0.4 is 0 Å². The van der Waals surface area contributed by atoms with Crippen LogP contribution in [0.2, 0.25) is 0 Å². The largest absolute Gasteiger partial charge is 0.338 e. The van der Waals surface area contributed by atoms with Crippen LogP contribution in [0.25, 0.3) is 0 Å². The van der Waals surface area contributed by atoms with E-state index in [1.54, 1.807) is 11.0 Å². The van der Waals surface area contributed by atoms with Crippen LogP contribution in [0.5, 0.6) is 0 Å². The topological polar surface area (TPSA) is 20.3 Å². The van der Waals surface area contributed by atoms with E-state index in [1.165, 1.54) is 12.1 Å². The number of rotatable bonds is 4. The Bertz CT molecular complexity index is 366. The first kappa shape index (κ1) is 13.5. The fraction of sp³-hybridized carbons (Fsp3) is 0.364. The average molecular weight is 309 g/mol. The number of halogens is 3. The lowest BCUT2D eigenvalue weighted by Gasteiger charge is -2.19. The molecule has 1 amide bonds. The molecule has 1 rings (SSSR count). The van der Waals surface area contributed by atoms with Crippen LogP contribution in [0.4, 0.5) is 4.39 Å². The second-order valence-electron chi connectivity index (χ2n) is 3.23. The van der Waals surface area contributed by atoms with Crippen LogP contribution in [-0.4, -0.2) is 29.8 Å². The number of amides is 1. The summed E-state index contributed by atoms with van der Waals surface area (Å²) in [5.74, 6) is -0.265. The van der Waals surface area contributed by atoms with Gasteiger partial charge >= 0.3 is 0 Å². The van der Waals surface area contributed by atoms with E-state index >= 15 is 0 Å². The Morgan fingerprint density at radius 1 is 1.50 bits per heavy atom. The molecule has 0 saturated heterocycles. The van der Waals surface area contributed by atoms with Crippen molar-refractivity contribution in [2.45, 2.75) is 6.92 Å². The maximum absolute atomic E-state index is 13.1. The summed E-state index contributed by atoms with van der Waals surface area (Å²) in [6.07, 6.45) is 0. The first-order valence-corrected chi connectivity index (χ1v) is 6.22. The molecule has 0 N–H and O–H groups in total. The molecule has 0 radical (unpaired) electrons. The second-order valence-corrected chi connectivity index (χ2v) is 4.53. The van der Waals surface area contributed by atoms with Crippen LogP contribution in [0.15, 0.2) is 22.7 Å². The normalized spacial score (nSPS) is 10.2. The van der Waals surface area contributed by atoms with E-state index < -0.39 is 5.82 Å². The maximum atomic E-state index is 13.1. The minimum absolute atomic E-state index is 0.205. The minimum Gasteiger partial charge on any atom is -0.338 e. The molecular weight excluding hydrogens is 296 g/mol. The zero-order valence-electron chi connectivity index (χ0n) is 8.84. The Labute approximate surface area is 108 Å². The number of hydrogen-bond donors (Lipinski definition) is 0. The highest BCUT2D eigenvalue weighted by Gasteiger charge is 2.14. The molecule has 1 aromatic carbocycles. The molecule has 0 aliphatic heterocycles. The van der Waals surface area contributed by atoms with Crippen molar-refractivity contribution in [3.63, 3.8) is 0 Å². The van der Waals surface area contributed by atoms with E-state index in [2.05, 4.69) is 15.9 Å². The number of benzene rings is 1. The van der Waals surface area contributed by atoms with Crippen molar-refractivity contribution >= 4 is 33.4 Å². The average Bonchev–Trinajstić information content (AvgIpc) is 2.23. The van der Waals surface area contributed by atoms with Gasteiger partial charge in [-0.1, -0.05) is 15.9 Å². The molecule has 1 aromatic rings. The summed E-state index contributed by atoms with van der Waals surface area (Å²) in [6.45, 7) is 2.88. The highest BCUT2D eigenvalue weighted by atomic mass is 79.9. The second kappa shape index (κ2) is 6.21. The molecule has 0 atom stereocenters. The summed E-state index contributed by atoms with van der Waals surface area (Å²) in [5.41, 5.74) is 0.332. The van der Waals surface area contributed by atoms with Gasteiger partial charge in [-0.05, 0) is 25.1 Å². The van der Waals surface area contributed by atoms with Crippen molar-refractivity contribution in [3.05, 3.63) is 34.1 Å². The van der Waals surface area contributed by atoms with Gasteiger partial charge in [0.25, 0.3) is 5.91 Å². The number of alkyl halides is 1. The fourth-order valence-corrected chi connectivity index (χ4v) is 2.03. The monoisotopic (exact) mass is 307 g/mol. The van der Waals surface area contributed by atoms with Crippen molar-refractivity contribution in [2.24, 2.45) is 0 Å². The van der Waals surface area contributed by atoms with Gasteiger partial charge in [-0.3, -0.25) is 4.79 Å². The van der Waals surface area contributed by atoms with Crippen molar-refractivity contribution in [3.8, 4) is 0 Å². The highest BCUT2D eigenvalue weighted by Crippen LogP contribution is 2.16. The zero-order valence-corrected chi connectivity index (χ0v) is 11.2. The lowest BCUT2D eigenvalue weighted by molar-refractivity contribution is 0.0773. The first-order valence-electron chi connectivity index (χ1n) is 4.89. The predicted molar refractivity (Wildman–Crippen MR) is 66.4 cm³/mol. The summed E-state index contributed by atoms with van der Waals surface area (Å²) < 4.78 is 13.7. The van der Waals surface area contributed by atoms with E-state index in [4.69, 9.17) is 11.6 Å². The van der Waals surface area contributed by atoms with Crippen LogP contribution in [0, 0.1) is 5.82 Å². The van der Waals surface area contributed by atoms with Crippen molar-refractivity contribution in [1.29, 1.82) is 0 Å². The molecule has 0 aliphatic rings. The summed E-state index contributed by atoms with van der Waals surface area (Å²) in [6, 6.07) is 4.14. The molecule has 2 nitrogen and oxygen atoms in total. The Morgan fingerprint density at radius 2 is 2.19 bits per heavy atom. The lowest BCUT2D eigenvalue weighted by Crippen LogP contribution is -2.32. The lowest BCUT2D eigenvalue weighted by atomic mass is 10.2. The van der Waals surface area contributed by atoms with E-state index in [0.717, 1.165) is 0 Å². The Morgan fingerprint density at radius 3 is 2.69 bits per heavy atom. The van der Waals surface area contributed by atoms with Gasteiger partial charge in [0.1, 0.15) is 5.82 Å². The molecule has 0 heterocycles. The van der Waals surface area contributed by atoms with Crippen molar-refractivity contribution < 1.29 is 9.18 Å². The molecular formula is C11H12BrClFNO. The van der Waals surface area contributed by atoms with Crippen LogP contribution in [0.3, 0.4) is 0 Å². The van der Waals surface area contributed by atoms with Crippen molar-refractivity contribution in [1.82, 2.24) is 4.90 Å². The van der Waals surface area contributed by atoms with Crippen LogP contribution >= 0.6 is 27.5 Å². The first-order chi connectivity index (χ1) is 7.58. The molecule has 0 spiro atoms. The SMILES string of the molecule is CCN(CCCl)C(=O)c1cc(F)cc(Br)c1. The molecule has 0 unspecified atom stereocenters. The van der Waals surface area contributed by atoms with Crippen LogP contribution in [0.1, 0.15) is 17.3 Å². The molecule has 16 heavy (non-hydrogen) atoms. The fourth-order valence-electron chi connectivity index (χ4n) is 1.37. The van der Waals surface area contributed by atoms with Gasteiger partial charge < -0.3 is 4.90 Å². The van der Waals surface area contributed by atoms with E-state index in [1.807, 2.05) is 6.92 Å². The quantitative estimate of drug-likeness (QED) is 0.782. The van der Waals surface area contributed by atoms with Gasteiger partial charge in [-0.2, -0.15) is 0 Å². The summed E-state index contributed by atoms with van der Waals surface area (Å²) in [5, 5.41) is 0. The third kappa shape index (κ3) is 3.46. The molecule has 0 aromatic heterocycles. The summed E-state index contributed by atoms with van der Waals surface area (Å²) >= 11 is 8.75. The van der Waals surface area contributed by atoms with Gasteiger partial charge in [-0.25, -0.2) is 4.39 Å². The van der Waals surface area contributed by atoms with Gasteiger partial charge in [0.05, 0.1) is 0 Å². The third-order valence-corrected chi connectivity index (χ3v) is 2.76. The summed E-state index contributed by atoms with van der Waals surface area (Å²) in [4.78, 5) is 13.5. The third-order valence-electron chi connectivity index (χ3n) is 2.13. The number of hydrogen-bond acceptors (Lipinski definition) is 1. The standard InChI is InChI=1S/C11H12BrClFNO/c1-2-15(4-3-13)11(16)8-5-9(12)7-10(14)6-8/h5-7H,2-4H2,1H3. The number of nitrogens with zero attached hydrogens (tertiary/aromatic N) is 1. The van der Waals surface area contributed by atoms with E-state index in [-0.39, 0.29) is 5.91 Å². The molecule has 5 heteroatoms. The maximum Gasteiger partial charge on any atom is 0.254 e. The molecule has 0 aliphatic carbocycles. The van der Waals surface area contributed by atoms with Gasteiger partial charge in [-0.15, -0.1) is 11.6 Å². The van der Waals surface area contributed by atoms with Crippen molar-refractivity contribution in [2.75, 3.05) is 19.0 Å². The Hall–Kier alpha value is -0.610. The highest BCUT2D eigenvalue weighted by molar-refractivity contribution is 9.10. The number of carbonyl (C=O) groups is 1. The molecule has 0 fully saturated rings. The Kier molecular flexibility index (Phi) is 5.22. The molecule has 0 bridgehead atoms. The Balaban J connectivity index is 2.94. The van der Waals surface area contributed by atoms with Gasteiger partial charge in [0.15, 0.2) is 0 Å². The minimum atomic E-state index is -0.431. The summed E-state index contributed by atoms with van der Waals surface area (Å²) in [7, 11) is 0. The van der Waals surface area contributed by atoms with E-state index in [9.17, 15) is 9.18 Å². The smallest absolute Gasteiger partial charge is 0.254 e. The van der Waals surface area contributed by atoms with E-state index in [0.29, 0.717) is 29.0 Å².